The number of carbonyl (C=O) groups excluding carboxylic acids is 4. The van der Waals surface area contributed by atoms with E-state index in [2.05, 4.69) is 60.4 Å². The Balaban J connectivity index is 0.000000265. The second kappa shape index (κ2) is 41.0. The Kier molecular flexibility index (Phi) is 33.9. The summed E-state index contributed by atoms with van der Waals surface area (Å²) in [6.07, 6.45) is 19.7. The largest absolute Gasteiger partial charge is 0.459 e. The fourth-order valence-corrected chi connectivity index (χ4v) is 9.94. The number of β-amino-alcohol motifs (C(OH)–C–C–N with tert-alkyl or cyclic N) is 1. The molecule has 554 valence electrons. The molecule has 0 spiro atoms. The second-order valence-electron chi connectivity index (χ2n) is 24.4. The molecule has 2 aromatic carbocycles. The molecule has 0 radical (unpaired) electrons. The summed E-state index contributed by atoms with van der Waals surface area (Å²) in [7, 11) is 0. The SMILES string of the molecule is C.C.C.C.CC(C)(C)OC(=O)N1CC[C@@H](O)C1.CC(C)(C)OC(=O)N1CC[C@@H](Oc2ncc(F)cn2)C1.Fc1cnc(Cl)nc1.Fc1cnc(O[C@@H]2CCNC2)nc1.O=C(N1CC[C@@H](Oc2ncc(F)cn2)C1)N1N=CCC1c1ccccc1.O=C(N1N=CCC1c1ccccc1)n1ccnc1. The van der Waals surface area contributed by atoms with Gasteiger partial charge in [-0.2, -0.15) is 10.2 Å². The first-order valence-electron chi connectivity index (χ1n) is 31.4. The van der Waals surface area contributed by atoms with Crippen molar-refractivity contribution in [2.24, 2.45) is 10.2 Å². The maximum atomic E-state index is 12.9. The molecular weight excluding hydrogens is 1350 g/mol. The van der Waals surface area contributed by atoms with Gasteiger partial charge in [-0.05, 0) is 83.7 Å². The van der Waals surface area contributed by atoms with E-state index in [9.17, 15) is 41.8 Å². The Morgan fingerprint density at radius 3 is 1.29 bits per heavy atom. The molecule has 5 amide bonds. The lowest BCUT2D eigenvalue weighted by Gasteiger charge is -2.27. The Morgan fingerprint density at radius 1 is 0.520 bits per heavy atom. The Hall–Kier alpha value is -10.1. The highest BCUT2D eigenvalue weighted by Gasteiger charge is 2.37. The molecule has 13 rings (SSSR count). The van der Waals surface area contributed by atoms with Gasteiger partial charge in [0.15, 0.2) is 23.3 Å². The highest BCUT2D eigenvalue weighted by molar-refractivity contribution is 6.28. The summed E-state index contributed by atoms with van der Waals surface area (Å²) in [5.74, 6) is -1.95. The van der Waals surface area contributed by atoms with E-state index in [1.54, 1.807) is 34.6 Å². The van der Waals surface area contributed by atoms with Gasteiger partial charge in [0, 0.05) is 83.2 Å². The van der Waals surface area contributed by atoms with Crippen molar-refractivity contribution in [3.63, 3.8) is 0 Å². The third-order valence-electron chi connectivity index (χ3n) is 14.4. The van der Waals surface area contributed by atoms with Crippen molar-refractivity contribution in [1.29, 1.82) is 0 Å². The minimum absolute atomic E-state index is 0. The van der Waals surface area contributed by atoms with Crippen molar-refractivity contribution in [3.05, 3.63) is 169 Å². The van der Waals surface area contributed by atoms with Gasteiger partial charge in [-0.25, -0.2) is 91.6 Å². The van der Waals surface area contributed by atoms with Crippen LogP contribution in [0.5, 0.6) is 18.0 Å². The Morgan fingerprint density at radius 2 is 0.912 bits per heavy atom. The number of nitrogens with one attached hydrogen (secondary N) is 1. The van der Waals surface area contributed by atoms with Gasteiger partial charge in [-0.3, -0.25) is 4.57 Å². The number of carbonyl (C=O) groups is 4. The highest BCUT2D eigenvalue weighted by atomic mass is 35.5. The molecule has 6 aliphatic rings. The standard InChI is InChI=1S/C18H18FN5O2.C13H18FN3O3.C13H12N4O.C9H17NO3.C8H10FN3O.C4H2ClFN2.4CH4/c19-14-10-20-17(21-11-14)26-15-7-9-23(12-15)18(25)24-16(6-8-22-24)13-4-2-1-3-5-13;1-13(2,3)20-12(18)17-5-4-10(8-17)19-11-15-6-9(14)7-16-11;18-13(16-9-8-14-10-16)17-12(6-7-15-17)11-4-2-1-3-5-11;1-9(2,3)13-8(12)10-5-4-7(11)6-10;9-6-3-11-8(12-4-6)13-7-1-2-10-5-7;5-4-7-1-3(6)2-8-4;;;;/h1-5,8,10-11,15-16H,6-7,9,12H2;6-7,10H,4-5,8H2,1-3H3;1-5,7-10,12H,6H2;7,11H,4-6H2,1-3H3;3-4,7,10H,1-2,5H2;1-2H;4*1H4/t15-,16?;10-;;2*7-;;;;;/m11.11...../s1. The van der Waals surface area contributed by atoms with Crippen molar-refractivity contribution in [3.8, 4) is 18.0 Å². The van der Waals surface area contributed by atoms with Crippen LogP contribution in [0, 0.1) is 23.3 Å². The molecule has 0 saturated carbocycles. The molecule has 2 unspecified atom stereocenters. The van der Waals surface area contributed by atoms with E-state index in [1.807, 2.05) is 102 Å². The second-order valence-corrected chi connectivity index (χ2v) is 24.7. The first-order valence-corrected chi connectivity index (χ1v) is 31.7. The summed E-state index contributed by atoms with van der Waals surface area (Å²) in [6, 6.07) is 19.8. The zero-order chi connectivity index (χ0) is 70.2. The maximum Gasteiger partial charge on any atom is 0.410 e. The van der Waals surface area contributed by atoms with Crippen LogP contribution in [0.3, 0.4) is 0 Å². The minimum atomic E-state index is -0.518. The van der Waals surface area contributed by atoms with Gasteiger partial charge in [0.2, 0.25) is 5.28 Å². The zero-order valence-corrected chi connectivity index (χ0v) is 55.5. The van der Waals surface area contributed by atoms with E-state index in [0.29, 0.717) is 65.0 Å². The van der Waals surface area contributed by atoms with Gasteiger partial charge >= 0.3 is 42.3 Å². The summed E-state index contributed by atoms with van der Waals surface area (Å²) < 4.78 is 78.2. The number of ether oxygens (including phenoxy) is 5. The minimum Gasteiger partial charge on any atom is -0.459 e. The lowest BCUT2D eigenvalue weighted by molar-refractivity contribution is 0.0262. The number of imidazole rings is 1. The van der Waals surface area contributed by atoms with Crippen LogP contribution < -0.4 is 19.5 Å². The summed E-state index contributed by atoms with van der Waals surface area (Å²) >= 11 is 5.22. The number of halogens is 5. The van der Waals surface area contributed by atoms with E-state index in [-0.39, 0.29) is 114 Å². The maximum absolute atomic E-state index is 12.9. The molecule has 4 saturated heterocycles. The van der Waals surface area contributed by atoms with Crippen LogP contribution in [0.4, 0.5) is 36.7 Å². The molecule has 5 aromatic heterocycles. The van der Waals surface area contributed by atoms with Gasteiger partial charge in [-0.15, -0.1) is 0 Å². The van der Waals surface area contributed by atoms with Crippen molar-refractivity contribution >= 4 is 48.3 Å². The number of benzene rings is 2. The number of aromatic nitrogens is 10. The molecule has 6 aliphatic heterocycles. The number of rotatable bonds is 8. The molecule has 7 aromatic rings. The molecule has 4 fully saturated rings. The summed E-state index contributed by atoms with van der Waals surface area (Å²) in [5, 5.41) is 23.9. The lowest BCUT2D eigenvalue weighted by Crippen LogP contribution is -2.40. The molecule has 102 heavy (non-hydrogen) atoms. The molecular formula is C69H93ClF4N18O10. The molecule has 28 nitrogen and oxygen atoms in total. The molecule has 6 atom stereocenters. The van der Waals surface area contributed by atoms with Gasteiger partial charge in [0.1, 0.15) is 35.8 Å². The first kappa shape index (κ1) is 84.3. The van der Waals surface area contributed by atoms with Gasteiger partial charge in [-0.1, -0.05) is 90.4 Å². The van der Waals surface area contributed by atoms with Gasteiger partial charge in [0.05, 0.1) is 80.9 Å². The Bertz CT molecular complexity index is 3640. The zero-order valence-electron chi connectivity index (χ0n) is 54.8. The smallest absolute Gasteiger partial charge is 0.410 e. The van der Waals surface area contributed by atoms with Crippen LogP contribution in [0.25, 0.3) is 0 Å². The number of amides is 5. The fourth-order valence-electron chi connectivity index (χ4n) is 9.84. The van der Waals surface area contributed by atoms with E-state index in [4.69, 9.17) is 35.3 Å². The third kappa shape index (κ3) is 27.5. The van der Waals surface area contributed by atoms with Crippen molar-refractivity contribution < 1.29 is 65.5 Å². The fraction of sp³-hybridized carbons (Fsp3) is 0.464. The number of likely N-dealkylation sites (tertiary alicyclic amines) is 3. The normalized spacial score (nSPS) is 19.0. The van der Waals surface area contributed by atoms with Crippen molar-refractivity contribution in [2.75, 3.05) is 52.4 Å². The number of aliphatic hydroxyl groups is 1. The highest BCUT2D eigenvalue weighted by Crippen LogP contribution is 2.31. The summed E-state index contributed by atoms with van der Waals surface area (Å²) in [6.45, 7) is 15.7. The van der Waals surface area contributed by atoms with Crippen LogP contribution in [-0.4, -0.2) is 204 Å². The third-order valence-corrected chi connectivity index (χ3v) is 14.6. The first-order chi connectivity index (χ1) is 46.9. The predicted octanol–water partition coefficient (Wildman–Crippen LogP) is 12.1. The number of aliphatic hydroxyl groups excluding tert-OH is 1. The monoisotopic (exact) mass is 1440 g/mol. The van der Waals surface area contributed by atoms with Crippen LogP contribution in [0.2, 0.25) is 5.28 Å². The van der Waals surface area contributed by atoms with Crippen LogP contribution in [0.1, 0.15) is 133 Å². The van der Waals surface area contributed by atoms with Crippen molar-refractivity contribution in [2.45, 2.75) is 157 Å². The summed E-state index contributed by atoms with van der Waals surface area (Å²) in [4.78, 5) is 86.3. The molecule has 33 heteroatoms. The van der Waals surface area contributed by atoms with E-state index in [0.717, 1.165) is 86.6 Å². The summed E-state index contributed by atoms with van der Waals surface area (Å²) in [5.41, 5.74) is 1.18. The van der Waals surface area contributed by atoms with E-state index in [1.165, 1.54) is 25.8 Å². The van der Waals surface area contributed by atoms with Crippen molar-refractivity contribution in [1.82, 2.24) is 79.5 Å². The predicted molar refractivity (Wildman–Crippen MR) is 374 cm³/mol. The van der Waals surface area contributed by atoms with E-state index < -0.39 is 34.5 Å². The average molecular weight is 1450 g/mol. The molecule has 2 N–H and O–H groups in total. The molecule has 11 heterocycles. The number of nitrogens with zero attached hydrogens (tertiary/aromatic N) is 17. The number of hydrogen-bond donors (Lipinski definition) is 2. The van der Waals surface area contributed by atoms with Crippen LogP contribution in [-0.2, 0) is 9.47 Å². The quantitative estimate of drug-likeness (QED) is 0.105. The Labute approximate surface area is 597 Å². The van der Waals surface area contributed by atoms with E-state index >= 15 is 0 Å². The average Bonchev–Trinajstić information content (AvgIpc) is 1.66. The van der Waals surface area contributed by atoms with Gasteiger partial charge in [0.25, 0.3) is 0 Å². The van der Waals surface area contributed by atoms with Gasteiger partial charge < -0.3 is 48.8 Å². The number of urea groups is 1. The number of hydrogen-bond acceptors (Lipinski definition) is 22. The molecule has 0 aliphatic carbocycles. The number of hydrazone groups is 2. The van der Waals surface area contributed by atoms with Crippen LogP contribution in [0.15, 0.2) is 139 Å². The lowest BCUT2D eigenvalue weighted by atomic mass is 10.1. The molecule has 0 bridgehead atoms. The topological polar surface area (TPSA) is 309 Å². The van der Waals surface area contributed by atoms with Crippen LogP contribution >= 0.6 is 11.6 Å².